The molecule has 0 saturated heterocycles. The maximum absolute atomic E-state index is 10.9. The number of rotatable bonds is 4. The first-order valence-corrected chi connectivity index (χ1v) is 6.31. The molecule has 0 unspecified atom stereocenters. The molecule has 0 amide bonds. The van der Waals surface area contributed by atoms with Crippen molar-refractivity contribution in [1.29, 1.82) is 0 Å². The van der Waals surface area contributed by atoms with Crippen LogP contribution in [-0.4, -0.2) is 25.6 Å². The van der Waals surface area contributed by atoms with Gasteiger partial charge in [-0.3, -0.25) is 4.98 Å². The Kier molecular flexibility index (Phi) is 3.16. The Morgan fingerprint density at radius 2 is 2.20 bits per heavy atom. The van der Waals surface area contributed by atoms with E-state index in [4.69, 9.17) is 5.11 Å². The Labute approximate surface area is 115 Å². The molecule has 0 fully saturated rings. The van der Waals surface area contributed by atoms with Gasteiger partial charge < -0.3 is 9.67 Å². The summed E-state index contributed by atoms with van der Waals surface area (Å²) in [5, 5.41) is 8.96. The Morgan fingerprint density at radius 1 is 1.30 bits per heavy atom. The monoisotopic (exact) mass is 267 g/mol. The maximum Gasteiger partial charge on any atom is 0.335 e. The second kappa shape index (κ2) is 5.13. The highest BCUT2D eigenvalue weighted by molar-refractivity contribution is 5.92. The van der Waals surface area contributed by atoms with Crippen LogP contribution in [0.5, 0.6) is 0 Å². The molecule has 0 aliphatic heterocycles. The molecule has 0 saturated carbocycles. The lowest BCUT2D eigenvalue weighted by atomic mass is 10.2. The summed E-state index contributed by atoms with van der Waals surface area (Å²) in [4.78, 5) is 19.3. The fraction of sp³-hybridized carbons (Fsp3) is 0.133. The van der Waals surface area contributed by atoms with Crippen LogP contribution in [0.1, 0.15) is 15.9 Å². The average molecular weight is 267 g/mol. The molecule has 0 spiro atoms. The second-order valence-corrected chi connectivity index (χ2v) is 4.56. The van der Waals surface area contributed by atoms with Crippen LogP contribution in [0.15, 0.2) is 49.1 Å². The van der Waals surface area contributed by atoms with E-state index >= 15 is 0 Å². The minimum Gasteiger partial charge on any atom is -0.478 e. The average Bonchev–Trinajstić information content (AvgIpc) is 2.88. The third-order valence-electron chi connectivity index (χ3n) is 3.23. The Morgan fingerprint density at radius 3 is 2.95 bits per heavy atom. The van der Waals surface area contributed by atoms with Gasteiger partial charge in [-0.25, -0.2) is 9.78 Å². The molecular weight excluding hydrogens is 254 g/mol. The summed E-state index contributed by atoms with van der Waals surface area (Å²) in [5.41, 5.74) is 3.07. The molecule has 5 nitrogen and oxygen atoms in total. The number of carboxylic acids is 1. The molecule has 3 aromatic rings. The van der Waals surface area contributed by atoms with E-state index < -0.39 is 5.97 Å². The van der Waals surface area contributed by atoms with Crippen LogP contribution >= 0.6 is 0 Å². The van der Waals surface area contributed by atoms with Gasteiger partial charge in [-0.1, -0.05) is 6.07 Å². The van der Waals surface area contributed by atoms with E-state index in [9.17, 15) is 4.79 Å². The number of aromatic carboxylic acids is 1. The molecule has 0 aliphatic rings. The van der Waals surface area contributed by atoms with E-state index in [2.05, 4.69) is 9.97 Å². The van der Waals surface area contributed by atoms with Crippen LogP contribution in [0, 0.1) is 0 Å². The number of nitrogens with zero attached hydrogens (tertiary/aromatic N) is 3. The zero-order chi connectivity index (χ0) is 13.9. The van der Waals surface area contributed by atoms with Gasteiger partial charge in [0.15, 0.2) is 0 Å². The highest BCUT2D eigenvalue weighted by Gasteiger charge is 2.07. The van der Waals surface area contributed by atoms with Crippen molar-refractivity contribution in [2.75, 3.05) is 0 Å². The van der Waals surface area contributed by atoms with Crippen LogP contribution in [0.2, 0.25) is 0 Å². The zero-order valence-electron chi connectivity index (χ0n) is 10.7. The number of hydrogen-bond donors (Lipinski definition) is 1. The van der Waals surface area contributed by atoms with E-state index in [1.165, 1.54) is 0 Å². The van der Waals surface area contributed by atoms with Crippen LogP contribution in [0.4, 0.5) is 0 Å². The van der Waals surface area contributed by atoms with Crippen LogP contribution in [0.25, 0.3) is 11.0 Å². The Balaban J connectivity index is 1.84. The number of aromatic nitrogens is 3. The van der Waals surface area contributed by atoms with Gasteiger partial charge in [0, 0.05) is 18.9 Å². The van der Waals surface area contributed by atoms with Crippen molar-refractivity contribution >= 4 is 17.0 Å². The highest BCUT2D eigenvalue weighted by atomic mass is 16.4. The largest absolute Gasteiger partial charge is 0.478 e. The first-order valence-electron chi connectivity index (χ1n) is 6.31. The predicted octanol–water partition coefficient (Wildman–Crippen LogP) is 2.37. The van der Waals surface area contributed by atoms with Crippen molar-refractivity contribution < 1.29 is 9.90 Å². The Bertz CT molecular complexity index is 750. The summed E-state index contributed by atoms with van der Waals surface area (Å²) in [7, 11) is 0. The summed E-state index contributed by atoms with van der Waals surface area (Å²) in [5.74, 6) is -0.934. The zero-order valence-corrected chi connectivity index (χ0v) is 10.7. The SMILES string of the molecule is O=C(O)c1ccc2c(c1)ncn2CCc1cccnc1. The van der Waals surface area contributed by atoms with Gasteiger partial charge in [0.2, 0.25) is 0 Å². The molecule has 0 radical (unpaired) electrons. The molecule has 0 aliphatic carbocycles. The molecule has 3 rings (SSSR count). The molecule has 0 atom stereocenters. The van der Waals surface area contributed by atoms with Crippen molar-refractivity contribution in [2.45, 2.75) is 13.0 Å². The van der Waals surface area contributed by atoms with Crippen molar-refractivity contribution in [1.82, 2.24) is 14.5 Å². The molecule has 5 heteroatoms. The fourth-order valence-corrected chi connectivity index (χ4v) is 2.17. The Hall–Kier alpha value is -2.69. The molecule has 100 valence electrons. The van der Waals surface area contributed by atoms with Crippen molar-refractivity contribution in [3.05, 3.63) is 60.2 Å². The third-order valence-corrected chi connectivity index (χ3v) is 3.23. The minimum atomic E-state index is -0.934. The van der Waals surface area contributed by atoms with Gasteiger partial charge in [-0.15, -0.1) is 0 Å². The van der Waals surface area contributed by atoms with E-state index in [0.717, 1.165) is 24.0 Å². The summed E-state index contributed by atoms with van der Waals surface area (Å²) in [6.45, 7) is 0.786. The molecular formula is C15H13N3O2. The van der Waals surface area contributed by atoms with Crippen LogP contribution in [-0.2, 0) is 13.0 Å². The molecule has 2 heterocycles. The summed E-state index contributed by atoms with van der Waals surface area (Å²) in [6.07, 6.45) is 6.21. The number of hydrogen-bond acceptors (Lipinski definition) is 3. The second-order valence-electron chi connectivity index (χ2n) is 4.56. The summed E-state index contributed by atoms with van der Waals surface area (Å²) >= 11 is 0. The van der Waals surface area contributed by atoms with Gasteiger partial charge in [-0.2, -0.15) is 0 Å². The highest BCUT2D eigenvalue weighted by Crippen LogP contribution is 2.15. The van der Waals surface area contributed by atoms with Crippen LogP contribution < -0.4 is 0 Å². The lowest BCUT2D eigenvalue weighted by Crippen LogP contribution is -2.00. The number of imidazole rings is 1. The van der Waals surface area contributed by atoms with E-state index in [0.29, 0.717) is 5.52 Å². The molecule has 2 aromatic heterocycles. The standard InChI is InChI=1S/C15H13N3O2/c19-15(20)12-3-4-14-13(8-12)17-10-18(14)7-5-11-2-1-6-16-9-11/h1-4,6,8-10H,5,7H2,(H,19,20). The number of aryl methyl sites for hydroxylation is 2. The van der Waals surface area contributed by atoms with E-state index in [1.54, 1.807) is 30.7 Å². The quantitative estimate of drug-likeness (QED) is 0.788. The first-order chi connectivity index (χ1) is 9.74. The van der Waals surface area contributed by atoms with E-state index in [1.807, 2.05) is 22.9 Å². The lowest BCUT2D eigenvalue weighted by molar-refractivity contribution is 0.0697. The van der Waals surface area contributed by atoms with Crippen LogP contribution in [0.3, 0.4) is 0 Å². The van der Waals surface area contributed by atoms with Crippen molar-refractivity contribution in [2.24, 2.45) is 0 Å². The van der Waals surface area contributed by atoms with E-state index in [-0.39, 0.29) is 5.56 Å². The number of pyridine rings is 1. The van der Waals surface area contributed by atoms with Crippen molar-refractivity contribution in [3.8, 4) is 0 Å². The smallest absolute Gasteiger partial charge is 0.335 e. The third kappa shape index (κ3) is 2.38. The fourth-order valence-electron chi connectivity index (χ4n) is 2.17. The number of carbonyl (C=O) groups is 1. The number of carboxylic acid groups (broad SMARTS) is 1. The molecule has 0 bridgehead atoms. The van der Waals surface area contributed by atoms with Gasteiger partial charge in [-0.05, 0) is 36.2 Å². The number of benzene rings is 1. The molecule has 1 aromatic carbocycles. The normalized spacial score (nSPS) is 10.8. The lowest BCUT2D eigenvalue weighted by Gasteiger charge is -2.04. The molecule has 20 heavy (non-hydrogen) atoms. The van der Waals surface area contributed by atoms with Gasteiger partial charge in [0.25, 0.3) is 0 Å². The predicted molar refractivity (Wildman–Crippen MR) is 74.6 cm³/mol. The topological polar surface area (TPSA) is 68.0 Å². The van der Waals surface area contributed by atoms with Gasteiger partial charge >= 0.3 is 5.97 Å². The van der Waals surface area contributed by atoms with Gasteiger partial charge in [0.05, 0.1) is 22.9 Å². The maximum atomic E-state index is 10.9. The molecule has 1 N–H and O–H groups in total. The van der Waals surface area contributed by atoms with Gasteiger partial charge in [0.1, 0.15) is 0 Å². The summed E-state index contributed by atoms with van der Waals surface area (Å²) in [6, 6.07) is 8.95. The minimum absolute atomic E-state index is 0.259. The summed E-state index contributed by atoms with van der Waals surface area (Å²) < 4.78 is 2.02. The first kappa shape index (κ1) is 12.3. The number of fused-ring (bicyclic) bond motifs is 1. The van der Waals surface area contributed by atoms with Crippen molar-refractivity contribution in [3.63, 3.8) is 0 Å².